The molecular formula is C10H16MgO. The predicted octanol–water partition coefficient (Wildman–Crippen LogP) is 1.31. The fourth-order valence-electron chi connectivity index (χ4n) is 1.74. The molecule has 64 valence electrons. The van der Waals surface area contributed by atoms with E-state index in [-0.39, 0.29) is 35.1 Å². The van der Waals surface area contributed by atoms with Gasteiger partial charge in [0.2, 0.25) is 0 Å². The van der Waals surface area contributed by atoms with Crippen molar-refractivity contribution in [1.82, 2.24) is 0 Å². The third-order valence-electron chi connectivity index (χ3n) is 2.71. The Bertz CT molecular complexity index is 152. The molecule has 0 aromatic carbocycles. The SMILES string of the molecule is C=C1CCCCC1([CH2-])CC[O-].[Mg+2]. The molecule has 1 saturated carbocycles. The fourth-order valence-corrected chi connectivity index (χ4v) is 1.74. The van der Waals surface area contributed by atoms with Crippen LogP contribution < -0.4 is 5.11 Å². The Labute approximate surface area is 91.4 Å². The van der Waals surface area contributed by atoms with Gasteiger partial charge in [-0.05, 0) is 12.8 Å². The summed E-state index contributed by atoms with van der Waals surface area (Å²) in [6.45, 7) is 8.07. The van der Waals surface area contributed by atoms with Gasteiger partial charge in [0.15, 0.2) is 0 Å². The van der Waals surface area contributed by atoms with Crippen molar-refractivity contribution >= 4 is 23.1 Å². The predicted molar refractivity (Wildman–Crippen MR) is 50.6 cm³/mol. The van der Waals surface area contributed by atoms with E-state index in [0.29, 0.717) is 6.42 Å². The number of hydrogen-bond acceptors (Lipinski definition) is 1. The van der Waals surface area contributed by atoms with Gasteiger partial charge in [-0.1, -0.05) is 19.3 Å². The summed E-state index contributed by atoms with van der Waals surface area (Å²) in [5, 5.41) is 10.5. The van der Waals surface area contributed by atoms with Crippen LogP contribution in [0, 0.1) is 12.3 Å². The summed E-state index contributed by atoms with van der Waals surface area (Å²) in [4.78, 5) is 0. The maximum absolute atomic E-state index is 10.5. The molecule has 1 fully saturated rings. The molecule has 0 radical (unpaired) electrons. The maximum atomic E-state index is 10.5. The van der Waals surface area contributed by atoms with Gasteiger partial charge in [0, 0.05) is 0 Å². The van der Waals surface area contributed by atoms with Crippen molar-refractivity contribution in [1.29, 1.82) is 0 Å². The number of rotatable bonds is 2. The van der Waals surface area contributed by atoms with Gasteiger partial charge in [0.05, 0.1) is 0 Å². The van der Waals surface area contributed by atoms with Crippen molar-refractivity contribution in [2.75, 3.05) is 6.61 Å². The molecule has 2 heteroatoms. The smallest absolute Gasteiger partial charge is 0.854 e. The molecule has 1 atom stereocenters. The second kappa shape index (κ2) is 5.25. The van der Waals surface area contributed by atoms with Gasteiger partial charge in [-0.3, -0.25) is 0 Å². The summed E-state index contributed by atoms with van der Waals surface area (Å²) in [6, 6.07) is 0. The van der Waals surface area contributed by atoms with E-state index in [9.17, 15) is 5.11 Å². The van der Waals surface area contributed by atoms with Crippen LogP contribution in [0.2, 0.25) is 0 Å². The van der Waals surface area contributed by atoms with Crippen LogP contribution in [-0.4, -0.2) is 29.7 Å². The second-order valence-corrected chi connectivity index (χ2v) is 3.55. The average Bonchev–Trinajstić information content (AvgIpc) is 1.96. The molecular weight excluding hydrogens is 160 g/mol. The summed E-state index contributed by atoms with van der Waals surface area (Å²) in [5.41, 5.74) is 1.12. The molecule has 0 aliphatic heterocycles. The van der Waals surface area contributed by atoms with E-state index in [1.54, 1.807) is 0 Å². The minimum absolute atomic E-state index is 0. The van der Waals surface area contributed by atoms with Gasteiger partial charge in [-0.25, -0.2) is 0 Å². The fraction of sp³-hybridized carbons (Fsp3) is 0.700. The normalized spacial score (nSPS) is 29.7. The third kappa shape index (κ3) is 2.75. The Hall–Kier alpha value is 0.466. The van der Waals surface area contributed by atoms with Crippen LogP contribution in [0.3, 0.4) is 0 Å². The van der Waals surface area contributed by atoms with Crippen molar-refractivity contribution in [3.05, 3.63) is 19.1 Å². The average molecular weight is 177 g/mol. The van der Waals surface area contributed by atoms with Gasteiger partial charge in [0.25, 0.3) is 0 Å². The van der Waals surface area contributed by atoms with Gasteiger partial charge in [0.1, 0.15) is 0 Å². The van der Waals surface area contributed by atoms with E-state index >= 15 is 0 Å². The minimum atomic E-state index is -0.0694. The van der Waals surface area contributed by atoms with E-state index in [0.717, 1.165) is 12.8 Å². The van der Waals surface area contributed by atoms with Gasteiger partial charge in [-0.2, -0.15) is 0 Å². The van der Waals surface area contributed by atoms with Crippen molar-refractivity contribution < 1.29 is 5.11 Å². The zero-order chi connectivity index (χ0) is 8.32. The molecule has 0 heterocycles. The van der Waals surface area contributed by atoms with Crippen LogP contribution in [0.15, 0.2) is 12.2 Å². The Morgan fingerprint density at radius 1 is 1.50 bits per heavy atom. The molecule has 0 aromatic rings. The zero-order valence-corrected chi connectivity index (χ0v) is 9.19. The maximum Gasteiger partial charge on any atom is 2.00 e. The summed E-state index contributed by atoms with van der Waals surface area (Å²) in [6.07, 6.45) is 5.25. The van der Waals surface area contributed by atoms with Crippen LogP contribution in [0.4, 0.5) is 0 Å². The minimum Gasteiger partial charge on any atom is -0.854 e. The standard InChI is InChI=1S/C10H16O.Mg/c1-9-5-3-4-6-10(9,2)7-8-11;/h1-8H2;/q-2;+2. The van der Waals surface area contributed by atoms with Gasteiger partial charge in [-0.15, -0.1) is 24.2 Å². The van der Waals surface area contributed by atoms with Gasteiger partial charge >= 0.3 is 23.1 Å². The molecule has 0 N–H and O–H groups in total. The first-order valence-electron chi connectivity index (χ1n) is 4.31. The Balaban J connectivity index is 0.00000121. The molecule has 1 rings (SSSR count). The van der Waals surface area contributed by atoms with Crippen LogP contribution >= 0.6 is 0 Å². The Kier molecular flexibility index (Phi) is 5.45. The van der Waals surface area contributed by atoms with E-state index < -0.39 is 0 Å². The molecule has 1 aliphatic rings. The van der Waals surface area contributed by atoms with E-state index in [1.165, 1.54) is 18.4 Å². The van der Waals surface area contributed by atoms with E-state index in [1.807, 2.05) is 0 Å². The summed E-state index contributed by atoms with van der Waals surface area (Å²) >= 11 is 0. The molecule has 1 aliphatic carbocycles. The summed E-state index contributed by atoms with van der Waals surface area (Å²) in [5.74, 6) is 0. The first kappa shape index (κ1) is 12.5. The number of allylic oxidation sites excluding steroid dienone is 1. The van der Waals surface area contributed by atoms with Crippen molar-refractivity contribution in [2.24, 2.45) is 5.41 Å². The van der Waals surface area contributed by atoms with Crippen molar-refractivity contribution in [3.8, 4) is 0 Å². The molecule has 12 heavy (non-hydrogen) atoms. The van der Waals surface area contributed by atoms with Crippen molar-refractivity contribution in [3.63, 3.8) is 0 Å². The van der Waals surface area contributed by atoms with Crippen LogP contribution in [0.1, 0.15) is 32.1 Å². The molecule has 0 saturated heterocycles. The third-order valence-corrected chi connectivity index (χ3v) is 2.71. The van der Waals surface area contributed by atoms with Crippen LogP contribution in [0.5, 0.6) is 0 Å². The quantitative estimate of drug-likeness (QED) is 0.353. The summed E-state index contributed by atoms with van der Waals surface area (Å²) in [7, 11) is 0. The topological polar surface area (TPSA) is 23.1 Å². The second-order valence-electron chi connectivity index (χ2n) is 3.55. The first-order valence-corrected chi connectivity index (χ1v) is 4.31. The van der Waals surface area contributed by atoms with Crippen LogP contribution in [0.25, 0.3) is 0 Å². The molecule has 0 bridgehead atoms. The first-order chi connectivity index (χ1) is 5.19. The largest absolute Gasteiger partial charge is 2.00 e. The molecule has 0 amide bonds. The Morgan fingerprint density at radius 3 is 2.67 bits per heavy atom. The molecule has 0 spiro atoms. The molecule has 1 nitrogen and oxygen atoms in total. The Morgan fingerprint density at radius 2 is 2.17 bits per heavy atom. The molecule has 1 unspecified atom stereocenters. The van der Waals surface area contributed by atoms with Crippen LogP contribution in [-0.2, 0) is 0 Å². The monoisotopic (exact) mass is 176 g/mol. The van der Waals surface area contributed by atoms with Gasteiger partial charge < -0.3 is 12.0 Å². The number of hydrogen-bond donors (Lipinski definition) is 0. The van der Waals surface area contributed by atoms with Crippen molar-refractivity contribution in [2.45, 2.75) is 32.1 Å². The molecule has 0 aromatic heterocycles. The zero-order valence-electron chi connectivity index (χ0n) is 7.77. The summed E-state index contributed by atoms with van der Waals surface area (Å²) < 4.78 is 0. The van der Waals surface area contributed by atoms with E-state index in [2.05, 4.69) is 13.5 Å². The van der Waals surface area contributed by atoms with E-state index in [4.69, 9.17) is 0 Å².